The molecular weight excluding hydrogens is 304 g/mol. The molecule has 5 heteroatoms. The Hall–Kier alpha value is -1.88. The van der Waals surface area contributed by atoms with Crippen molar-refractivity contribution in [3.05, 3.63) is 35.9 Å². The predicted octanol–water partition coefficient (Wildman–Crippen LogP) is 2.08. The lowest BCUT2D eigenvalue weighted by atomic mass is 9.71. The Bertz CT molecular complexity index is 594. The first-order chi connectivity index (χ1) is 11.5. The summed E-state index contributed by atoms with van der Waals surface area (Å²) in [6.07, 6.45) is 1.67. The van der Waals surface area contributed by atoms with E-state index in [4.69, 9.17) is 4.74 Å². The van der Waals surface area contributed by atoms with Crippen LogP contribution in [0, 0.1) is 11.3 Å². The van der Waals surface area contributed by atoms with Crippen molar-refractivity contribution >= 4 is 11.8 Å². The SMILES string of the molecule is CC(C)NC(=O)C1CN(C(=O)c2ccccc2)CC12CCOCC2. The number of nitrogens with zero attached hydrogens (tertiary/aromatic N) is 1. The van der Waals surface area contributed by atoms with Crippen LogP contribution >= 0.6 is 0 Å². The zero-order chi connectivity index (χ0) is 17.2. The minimum absolute atomic E-state index is 0.0151. The minimum atomic E-state index is -0.156. The highest BCUT2D eigenvalue weighted by atomic mass is 16.5. The fraction of sp³-hybridized carbons (Fsp3) is 0.579. The number of benzene rings is 1. The third-order valence-corrected chi connectivity index (χ3v) is 5.19. The second kappa shape index (κ2) is 6.93. The van der Waals surface area contributed by atoms with Crippen molar-refractivity contribution in [1.82, 2.24) is 10.2 Å². The third-order valence-electron chi connectivity index (χ3n) is 5.19. The first-order valence-corrected chi connectivity index (χ1v) is 8.74. The molecule has 2 aliphatic heterocycles. The summed E-state index contributed by atoms with van der Waals surface area (Å²) in [5.74, 6) is -0.0759. The highest BCUT2D eigenvalue weighted by Gasteiger charge is 2.51. The van der Waals surface area contributed by atoms with Crippen LogP contribution in [0.25, 0.3) is 0 Å². The van der Waals surface area contributed by atoms with Crippen LogP contribution in [0.4, 0.5) is 0 Å². The number of hydrogen-bond acceptors (Lipinski definition) is 3. The monoisotopic (exact) mass is 330 g/mol. The molecule has 5 nitrogen and oxygen atoms in total. The number of ether oxygens (including phenoxy) is 1. The molecule has 1 atom stereocenters. The molecule has 1 N–H and O–H groups in total. The van der Waals surface area contributed by atoms with Gasteiger partial charge in [-0.05, 0) is 38.8 Å². The van der Waals surface area contributed by atoms with Gasteiger partial charge in [-0.2, -0.15) is 0 Å². The summed E-state index contributed by atoms with van der Waals surface area (Å²) in [5, 5.41) is 3.04. The molecular formula is C19H26N2O3. The quantitative estimate of drug-likeness (QED) is 0.923. The number of hydrogen-bond donors (Lipinski definition) is 1. The van der Waals surface area contributed by atoms with E-state index in [9.17, 15) is 9.59 Å². The smallest absolute Gasteiger partial charge is 0.253 e. The molecule has 0 bridgehead atoms. The number of likely N-dealkylation sites (tertiary alicyclic amines) is 1. The van der Waals surface area contributed by atoms with Gasteiger partial charge in [0.05, 0.1) is 5.92 Å². The topological polar surface area (TPSA) is 58.6 Å². The summed E-state index contributed by atoms with van der Waals surface area (Å²) in [6, 6.07) is 9.42. The van der Waals surface area contributed by atoms with Gasteiger partial charge in [-0.1, -0.05) is 18.2 Å². The lowest BCUT2D eigenvalue weighted by Gasteiger charge is -2.37. The lowest BCUT2D eigenvalue weighted by Crippen LogP contribution is -2.46. The standard InChI is InChI=1S/C19H26N2O3/c1-14(2)20-17(22)16-12-21(13-19(16)8-10-24-11-9-19)18(23)15-6-4-3-5-7-15/h3-7,14,16H,8-13H2,1-2H3,(H,20,22). The average Bonchev–Trinajstić information content (AvgIpc) is 2.94. The molecule has 1 unspecified atom stereocenters. The van der Waals surface area contributed by atoms with Crippen LogP contribution in [0.2, 0.25) is 0 Å². The number of amides is 2. The molecule has 3 rings (SSSR count). The minimum Gasteiger partial charge on any atom is -0.381 e. The molecule has 1 spiro atoms. The summed E-state index contributed by atoms with van der Waals surface area (Å²) < 4.78 is 5.51. The largest absolute Gasteiger partial charge is 0.381 e. The second-order valence-electron chi connectivity index (χ2n) is 7.24. The van der Waals surface area contributed by atoms with Crippen LogP contribution in [0.1, 0.15) is 37.0 Å². The average molecular weight is 330 g/mol. The molecule has 1 aromatic rings. The predicted molar refractivity (Wildman–Crippen MR) is 91.6 cm³/mol. The van der Waals surface area contributed by atoms with Gasteiger partial charge < -0.3 is 15.0 Å². The van der Waals surface area contributed by atoms with Gasteiger partial charge in [-0.25, -0.2) is 0 Å². The van der Waals surface area contributed by atoms with Crippen LogP contribution < -0.4 is 5.32 Å². The van der Waals surface area contributed by atoms with E-state index in [0.717, 1.165) is 12.8 Å². The lowest BCUT2D eigenvalue weighted by molar-refractivity contribution is -0.130. The van der Waals surface area contributed by atoms with Crippen molar-refractivity contribution in [2.24, 2.45) is 11.3 Å². The Kier molecular flexibility index (Phi) is 4.90. The van der Waals surface area contributed by atoms with Gasteiger partial charge in [0.1, 0.15) is 0 Å². The van der Waals surface area contributed by atoms with E-state index in [1.54, 1.807) is 0 Å². The van der Waals surface area contributed by atoms with Crippen molar-refractivity contribution < 1.29 is 14.3 Å². The Labute approximate surface area is 143 Å². The van der Waals surface area contributed by atoms with Crippen LogP contribution in [0.3, 0.4) is 0 Å². The maximum atomic E-state index is 12.8. The van der Waals surface area contributed by atoms with Crippen molar-refractivity contribution in [2.45, 2.75) is 32.7 Å². The number of nitrogens with one attached hydrogen (secondary N) is 1. The third kappa shape index (κ3) is 3.31. The van der Waals surface area contributed by atoms with Gasteiger partial charge in [-0.3, -0.25) is 9.59 Å². The Balaban J connectivity index is 1.82. The first kappa shape index (κ1) is 17.0. The summed E-state index contributed by atoms with van der Waals surface area (Å²) in [4.78, 5) is 27.4. The van der Waals surface area contributed by atoms with E-state index in [1.807, 2.05) is 49.1 Å². The van der Waals surface area contributed by atoms with Gasteiger partial charge in [-0.15, -0.1) is 0 Å². The highest BCUT2D eigenvalue weighted by Crippen LogP contribution is 2.44. The molecule has 1 aromatic carbocycles. The normalized spacial score (nSPS) is 22.8. The van der Waals surface area contributed by atoms with Gasteiger partial charge in [0.15, 0.2) is 0 Å². The van der Waals surface area contributed by atoms with E-state index >= 15 is 0 Å². The van der Waals surface area contributed by atoms with Crippen LogP contribution in [-0.4, -0.2) is 49.1 Å². The van der Waals surface area contributed by atoms with Crippen molar-refractivity contribution in [2.75, 3.05) is 26.3 Å². The van der Waals surface area contributed by atoms with E-state index in [0.29, 0.717) is 31.9 Å². The number of carbonyl (C=O) groups is 2. The molecule has 2 saturated heterocycles. The second-order valence-corrected chi connectivity index (χ2v) is 7.24. The molecule has 130 valence electrons. The molecule has 24 heavy (non-hydrogen) atoms. The van der Waals surface area contributed by atoms with Crippen LogP contribution in [0.5, 0.6) is 0 Å². The Morgan fingerprint density at radius 3 is 2.50 bits per heavy atom. The molecule has 2 amide bonds. The van der Waals surface area contributed by atoms with Crippen LogP contribution in [-0.2, 0) is 9.53 Å². The fourth-order valence-corrected chi connectivity index (χ4v) is 3.92. The molecule has 0 radical (unpaired) electrons. The fourth-order valence-electron chi connectivity index (χ4n) is 3.92. The molecule has 2 fully saturated rings. The number of rotatable bonds is 3. The first-order valence-electron chi connectivity index (χ1n) is 8.74. The van der Waals surface area contributed by atoms with E-state index in [-0.39, 0.29) is 29.2 Å². The maximum absolute atomic E-state index is 12.8. The zero-order valence-electron chi connectivity index (χ0n) is 14.5. The maximum Gasteiger partial charge on any atom is 0.253 e. The molecule has 0 aliphatic carbocycles. The van der Waals surface area contributed by atoms with Crippen molar-refractivity contribution in [3.8, 4) is 0 Å². The van der Waals surface area contributed by atoms with Crippen LogP contribution in [0.15, 0.2) is 30.3 Å². The summed E-state index contributed by atoms with van der Waals surface area (Å²) in [5.41, 5.74) is 0.534. The highest BCUT2D eigenvalue weighted by molar-refractivity contribution is 5.95. The van der Waals surface area contributed by atoms with Crippen molar-refractivity contribution in [3.63, 3.8) is 0 Å². The molecule has 2 heterocycles. The van der Waals surface area contributed by atoms with Gasteiger partial charge in [0, 0.05) is 43.3 Å². The summed E-state index contributed by atoms with van der Waals surface area (Å²) in [7, 11) is 0. The Morgan fingerprint density at radius 1 is 1.21 bits per heavy atom. The zero-order valence-corrected chi connectivity index (χ0v) is 14.5. The summed E-state index contributed by atoms with van der Waals surface area (Å²) >= 11 is 0. The van der Waals surface area contributed by atoms with E-state index < -0.39 is 0 Å². The van der Waals surface area contributed by atoms with Crippen molar-refractivity contribution in [1.29, 1.82) is 0 Å². The van der Waals surface area contributed by atoms with Gasteiger partial charge >= 0.3 is 0 Å². The molecule has 0 aromatic heterocycles. The number of carbonyl (C=O) groups excluding carboxylic acids is 2. The molecule has 0 saturated carbocycles. The summed E-state index contributed by atoms with van der Waals surface area (Å²) in [6.45, 7) is 6.40. The van der Waals surface area contributed by atoms with E-state index in [1.165, 1.54) is 0 Å². The van der Waals surface area contributed by atoms with Gasteiger partial charge in [0.25, 0.3) is 5.91 Å². The molecule has 2 aliphatic rings. The van der Waals surface area contributed by atoms with E-state index in [2.05, 4.69) is 5.32 Å². The Morgan fingerprint density at radius 2 is 1.88 bits per heavy atom. The van der Waals surface area contributed by atoms with Gasteiger partial charge in [0.2, 0.25) is 5.91 Å².